The molecule has 2 aromatic heterocycles. The van der Waals surface area contributed by atoms with Crippen LogP contribution in [0.15, 0.2) is 69.7 Å². The van der Waals surface area contributed by atoms with Gasteiger partial charge in [-0.15, -0.1) is 0 Å². The Morgan fingerprint density at radius 3 is 2.50 bits per heavy atom. The minimum Gasteiger partial charge on any atom is -0.497 e. The molecule has 1 saturated heterocycles. The lowest BCUT2D eigenvalue weighted by molar-refractivity contribution is -0.130. The molecular weight excluding hydrogens is 602 g/mol. The molecule has 11 heteroatoms. The van der Waals surface area contributed by atoms with Gasteiger partial charge in [-0.05, 0) is 64.0 Å². The van der Waals surface area contributed by atoms with Gasteiger partial charge in [0.05, 0.1) is 30.0 Å². The second kappa shape index (κ2) is 13.0. The zero-order valence-corrected chi connectivity index (χ0v) is 27.7. The first-order valence-corrected chi connectivity index (χ1v) is 16.5. The Labute approximate surface area is 271 Å². The highest BCUT2D eigenvalue weighted by Gasteiger charge is 2.36. The Morgan fingerprint density at radius 2 is 1.80 bits per heavy atom. The average Bonchev–Trinajstić information content (AvgIpc) is 3.80. The number of para-hydroxylation sites is 1. The van der Waals surface area contributed by atoms with Gasteiger partial charge in [0.15, 0.2) is 4.80 Å². The number of nitrogens with zero attached hydrogens (tertiary/aromatic N) is 5. The second-order valence-corrected chi connectivity index (χ2v) is 12.5. The third kappa shape index (κ3) is 5.53. The second-order valence-electron chi connectivity index (χ2n) is 11.5. The van der Waals surface area contributed by atoms with E-state index in [4.69, 9.17) is 14.5 Å². The molecule has 0 N–H and O–H groups in total. The topological polar surface area (TPSA) is 98.4 Å². The summed E-state index contributed by atoms with van der Waals surface area (Å²) in [5.41, 5.74) is 3.11. The number of carbonyl (C=O) groups is 2. The number of allylic oxidation sites excluding steroid dienone is 1. The Balaban J connectivity index is 1.53. The van der Waals surface area contributed by atoms with Crippen molar-refractivity contribution >= 4 is 40.1 Å². The summed E-state index contributed by atoms with van der Waals surface area (Å²) in [6.07, 6.45) is 5.89. The molecule has 0 saturated carbocycles. The van der Waals surface area contributed by atoms with Gasteiger partial charge in [-0.25, -0.2) is 4.99 Å². The standard InChI is InChI=1S/C35H39N5O5S/c1-6-37(7-2)34(43)31-22(3)36-35-40(32(31)26-19-24(44-4)14-15-28(26)45-5)33(42)29(46-35)18-23-20-39(27-13-9-8-12-25(23)27)21-30(41)38-16-10-11-17-38/h8-9,12-15,18-20,32H,6-7,10-11,16-17,21H2,1-5H3/b29-18-/t32-/m0/s1. The van der Waals surface area contributed by atoms with E-state index in [2.05, 4.69) is 0 Å². The van der Waals surface area contributed by atoms with Crippen molar-refractivity contribution in [3.8, 4) is 11.5 Å². The van der Waals surface area contributed by atoms with Crippen LogP contribution in [-0.2, 0) is 16.1 Å². The van der Waals surface area contributed by atoms with Crippen molar-refractivity contribution in [2.24, 2.45) is 4.99 Å². The first-order valence-electron chi connectivity index (χ1n) is 15.7. The van der Waals surface area contributed by atoms with Crippen LogP contribution in [0.2, 0.25) is 0 Å². The van der Waals surface area contributed by atoms with Crippen LogP contribution in [0.25, 0.3) is 17.0 Å². The van der Waals surface area contributed by atoms with Crippen molar-refractivity contribution in [2.45, 2.75) is 46.2 Å². The van der Waals surface area contributed by atoms with E-state index in [0.29, 0.717) is 50.8 Å². The zero-order chi connectivity index (χ0) is 32.5. The van der Waals surface area contributed by atoms with Gasteiger partial charge in [-0.2, -0.15) is 0 Å². The van der Waals surface area contributed by atoms with Crippen molar-refractivity contribution in [1.29, 1.82) is 0 Å². The minimum absolute atomic E-state index is 0.0947. The monoisotopic (exact) mass is 641 g/mol. The fourth-order valence-corrected chi connectivity index (χ4v) is 7.54. The van der Waals surface area contributed by atoms with E-state index in [1.54, 1.807) is 35.8 Å². The summed E-state index contributed by atoms with van der Waals surface area (Å²) in [5.74, 6) is 1.03. The number of fused-ring (bicyclic) bond motifs is 2. The molecule has 6 rings (SSSR count). The van der Waals surface area contributed by atoms with Crippen molar-refractivity contribution in [2.75, 3.05) is 40.4 Å². The summed E-state index contributed by atoms with van der Waals surface area (Å²) in [4.78, 5) is 50.5. The summed E-state index contributed by atoms with van der Waals surface area (Å²) in [6, 6.07) is 12.5. The van der Waals surface area contributed by atoms with Gasteiger partial charge >= 0.3 is 0 Å². The van der Waals surface area contributed by atoms with E-state index in [1.807, 2.05) is 72.8 Å². The number of methoxy groups -OCH3 is 2. The highest BCUT2D eigenvalue weighted by atomic mass is 32.1. The number of aromatic nitrogens is 2. The van der Waals surface area contributed by atoms with Crippen LogP contribution < -0.4 is 24.4 Å². The third-order valence-electron chi connectivity index (χ3n) is 8.90. The maximum atomic E-state index is 14.4. The predicted octanol–water partition coefficient (Wildman–Crippen LogP) is 3.70. The van der Waals surface area contributed by atoms with Crippen LogP contribution >= 0.6 is 11.3 Å². The maximum absolute atomic E-state index is 14.4. The molecule has 0 radical (unpaired) electrons. The average molecular weight is 642 g/mol. The van der Waals surface area contributed by atoms with Gasteiger partial charge < -0.3 is 23.8 Å². The van der Waals surface area contributed by atoms with Crippen LogP contribution in [0.3, 0.4) is 0 Å². The molecule has 2 aromatic carbocycles. The molecule has 4 aromatic rings. The third-order valence-corrected chi connectivity index (χ3v) is 9.89. The molecule has 0 aliphatic carbocycles. The Bertz CT molecular complexity index is 2030. The number of hydrogen-bond donors (Lipinski definition) is 0. The van der Waals surface area contributed by atoms with Crippen LogP contribution in [0.1, 0.15) is 50.8 Å². The number of amides is 2. The Morgan fingerprint density at radius 1 is 1.07 bits per heavy atom. The molecule has 4 heterocycles. The molecule has 10 nitrogen and oxygen atoms in total. The first kappa shape index (κ1) is 31.3. The largest absolute Gasteiger partial charge is 0.497 e. The van der Waals surface area contributed by atoms with Gasteiger partial charge in [-0.3, -0.25) is 19.0 Å². The zero-order valence-electron chi connectivity index (χ0n) is 26.9. The van der Waals surface area contributed by atoms with Crippen molar-refractivity contribution in [1.82, 2.24) is 18.9 Å². The van der Waals surface area contributed by atoms with Crippen LogP contribution in [0.5, 0.6) is 11.5 Å². The normalized spacial score (nSPS) is 16.5. The van der Waals surface area contributed by atoms with Gasteiger partial charge in [0.2, 0.25) is 5.91 Å². The number of hydrogen-bond acceptors (Lipinski definition) is 7. The van der Waals surface area contributed by atoms with E-state index in [1.165, 1.54) is 11.3 Å². The van der Waals surface area contributed by atoms with Crippen molar-refractivity contribution in [3.05, 3.63) is 90.7 Å². The molecule has 46 heavy (non-hydrogen) atoms. The van der Waals surface area contributed by atoms with Crippen molar-refractivity contribution < 1.29 is 19.1 Å². The molecule has 0 bridgehead atoms. The summed E-state index contributed by atoms with van der Waals surface area (Å²) >= 11 is 1.28. The van der Waals surface area contributed by atoms with Crippen LogP contribution in [0.4, 0.5) is 0 Å². The number of likely N-dealkylation sites (N-methyl/N-ethyl adjacent to an activating group) is 1. The number of thiazole rings is 1. The highest BCUT2D eigenvalue weighted by Crippen LogP contribution is 2.38. The van der Waals surface area contributed by atoms with Crippen LogP contribution in [0, 0.1) is 0 Å². The molecule has 2 aliphatic heterocycles. The van der Waals surface area contributed by atoms with E-state index >= 15 is 0 Å². The highest BCUT2D eigenvalue weighted by molar-refractivity contribution is 7.07. The SMILES string of the molecule is CCN(CC)C(=O)C1=C(C)N=c2s/c(=C\c3cn(CC(=O)N4CCCC4)c4ccccc34)c(=O)n2[C@H]1c1cc(OC)ccc1OC. The van der Waals surface area contributed by atoms with Gasteiger partial charge in [0.25, 0.3) is 11.5 Å². The van der Waals surface area contributed by atoms with E-state index in [9.17, 15) is 14.4 Å². The lowest BCUT2D eigenvalue weighted by Gasteiger charge is -2.30. The predicted molar refractivity (Wildman–Crippen MR) is 179 cm³/mol. The number of ether oxygens (including phenoxy) is 2. The number of benzene rings is 2. The fraction of sp³-hybridized carbons (Fsp3) is 0.371. The van der Waals surface area contributed by atoms with Crippen LogP contribution in [-0.4, -0.2) is 71.1 Å². The van der Waals surface area contributed by atoms with Gasteiger partial charge in [0, 0.05) is 54.4 Å². The fourth-order valence-electron chi connectivity index (χ4n) is 6.50. The van der Waals surface area contributed by atoms with Crippen molar-refractivity contribution in [3.63, 3.8) is 0 Å². The first-order chi connectivity index (χ1) is 22.3. The molecule has 1 atom stereocenters. The Hall–Kier alpha value is -4.64. The van der Waals surface area contributed by atoms with Gasteiger partial charge in [-0.1, -0.05) is 29.5 Å². The summed E-state index contributed by atoms with van der Waals surface area (Å²) in [5, 5.41) is 0.946. The molecule has 2 amide bonds. The molecular formula is C35H39N5O5S. The molecule has 1 fully saturated rings. The maximum Gasteiger partial charge on any atom is 0.271 e. The lowest BCUT2D eigenvalue weighted by Crippen LogP contribution is -2.43. The molecule has 2 aliphatic rings. The Kier molecular flexibility index (Phi) is 8.86. The summed E-state index contributed by atoms with van der Waals surface area (Å²) in [7, 11) is 3.15. The van der Waals surface area contributed by atoms with E-state index < -0.39 is 6.04 Å². The number of carbonyl (C=O) groups excluding carboxylic acids is 2. The minimum atomic E-state index is -0.782. The quantitative estimate of drug-likeness (QED) is 0.278. The number of rotatable bonds is 9. The smallest absolute Gasteiger partial charge is 0.271 e. The number of likely N-dealkylation sites (tertiary alicyclic amines) is 1. The lowest BCUT2D eigenvalue weighted by atomic mass is 9.93. The van der Waals surface area contributed by atoms with E-state index in [0.717, 1.165) is 42.4 Å². The molecule has 0 spiro atoms. The van der Waals surface area contributed by atoms with Gasteiger partial charge in [0.1, 0.15) is 24.1 Å². The molecule has 0 unspecified atom stereocenters. The summed E-state index contributed by atoms with van der Waals surface area (Å²) in [6.45, 7) is 8.55. The molecule has 240 valence electrons. The summed E-state index contributed by atoms with van der Waals surface area (Å²) < 4.78 is 15.4. The van der Waals surface area contributed by atoms with E-state index in [-0.39, 0.29) is 23.9 Å².